The van der Waals surface area contributed by atoms with E-state index in [0.717, 1.165) is 72.6 Å². The summed E-state index contributed by atoms with van der Waals surface area (Å²) in [6.07, 6.45) is 0. The number of para-hydroxylation sites is 2. The maximum absolute atomic E-state index is 6.73. The van der Waals surface area contributed by atoms with E-state index in [-0.39, 0.29) is 5.41 Å². The third-order valence-corrected chi connectivity index (χ3v) is 13.8. The van der Waals surface area contributed by atoms with Gasteiger partial charge in [-0.2, -0.15) is 0 Å². The number of furan rings is 1. The first-order valence-electron chi connectivity index (χ1n) is 21.2. The fourth-order valence-electron chi connectivity index (χ4n) is 11.0. The zero-order chi connectivity index (χ0) is 40.5. The van der Waals surface area contributed by atoms with Gasteiger partial charge in [-0.1, -0.05) is 159 Å². The fourth-order valence-corrected chi connectivity index (χ4v) is 11.0. The fraction of sp³-hybridized carbons (Fsp3) is 0.0690. The normalized spacial score (nSPS) is 14.5. The second-order valence-electron chi connectivity index (χ2n) is 17.2. The Morgan fingerprint density at radius 3 is 1.74 bits per heavy atom. The van der Waals surface area contributed by atoms with E-state index in [9.17, 15) is 0 Å². The SMILES string of the molecule is CC1(C)c2ccccc2-c2cc(-c3ccc(-c4ccc5c(c4)C4(c6ccccc6O5)c5ccccc5-c5ccccc54)cc3)c(Nc3cccc4oc5ccccc5c34)cc21. The molecule has 288 valence electrons. The van der Waals surface area contributed by atoms with Crippen molar-refractivity contribution in [2.45, 2.75) is 24.7 Å². The Balaban J connectivity index is 0.964. The molecule has 2 aliphatic carbocycles. The van der Waals surface area contributed by atoms with Gasteiger partial charge in [0, 0.05) is 33.2 Å². The lowest BCUT2D eigenvalue weighted by Gasteiger charge is -2.39. The summed E-state index contributed by atoms with van der Waals surface area (Å²) in [7, 11) is 0. The molecule has 0 fully saturated rings. The van der Waals surface area contributed by atoms with Gasteiger partial charge in [-0.3, -0.25) is 0 Å². The van der Waals surface area contributed by atoms with E-state index in [2.05, 4.69) is 201 Å². The Bertz CT molecular complexity index is 3410. The molecule has 61 heavy (non-hydrogen) atoms. The zero-order valence-electron chi connectivity index (χ0n) is 33.8. The molecule has 1 spiro atoms. The van der Waals surface area contributed by atoms with Crippen molar-refractivity contribution in [3.8, 4) is 56.0 Å². The van der Waals surface area contributed by atoms with Crippen molar-refractivity contribution in [3.05, 3.63) is 228 Å². The Labute approximate surface area is 354 Å². The summed E-state index contributed by atoms with van der Waals surface area (Å²) >= 11 is 0. The third kappa shape index (κ3) is 4.69. The second-order valence-corrected chi connectivity index (χ2v) is 17.2. The number of anilines is 2. The van der Waals surface area contributed by atoms with Crippen LogP contribution in [0.4, 0.5) is 11.4 Å². The Morgan fingerprint density at radius 2 is 0.967 bits per heavy atom. The number of rotatable bonds is 4. The molecule has 0 amide bonds. The van der Waals surface area contributed by atoms with Gasteiger partial charge in [-0.05, 0) is 110 Å². The number of fused-ring (bicyclic) bond motifs is 15. The van der Waals surface area contributed by atoms with Crippen molar-refractivity contribution in [2.75, 3.05) is 5.32 Å². The van der Waals surface area contributed by atoms with E-state index in [0.29, 0.717) is 0 Å². The molecule has 10 aromatic rings. The van der Waals surface area contributed by atoms with Gasteiger partial charge in [0.1, 0.15) is 22.7 Å². The molecule has 13 rings (SSSR count). The van der Waals surface area contributed by atoms with Crippen LogP contribution < -0.4 is 10.1 Å². The summed E-state index contributed by atoms with van der Waals surface area (Å²) in [5.74, 6) is 1.80. The van der Waals surface area contributed by atoms with Crippen LogP contribution in [0.25, 0.3) is 66.4 Å². The summed E-state index contributed by atoms with van der Waals surface area (Å²) in [5, 5.41) is 6.14. The average Bonchev–Trinajstić information content (AvgIpc) is 3.91. The predicted molar refractivity (Wildman–Crippen MR) is 249 cm³/mol. The number of benzene rings is 9. The first kappa shape index (κ1) is 34.3. The van der Waals surface area contributed by atoms with E-state index in [1.54, 1.807) is 0 Å². The highest BCUT2D eigenvalue weighted by Gasteiger charge is 2.51. The van der Waals surface area contributed by atoms with Gasteiger partial charge in [0.05, 0.1) is 16.5 Å². The smallest absolute Gasteiger partial charge is 0.137 e. The average molecular weight is 782 g/mol. The number of nitrogens with one attached hydrogen (secondary N) is 1. The predicted octanol–water partition coefficient (Wildman–Crippen LogP) is 15.4. The minimum atomic E-state index is -0.508. The maximum atomic E-state index is 6.73. The van der Waals surface area contributed by atoms with E-state index in [1.807, 2.05) is 12.1 Å². The Kier molecular flexibility index (Phi) is 6.99. The van der Waals surface area contributed by atoms with E-state index in [4.69, 9.17) is 9.15 Å². The quantitative estimate of drug-likeness (QED) is 0.193. The minimum absolute atomic E-state index is 0.145. The second kappa shape index (κ2) is 12.5. The molecule has 1 N–H and O–H groups in total. The molecule has 2 heterocycles. The molecule has 3 aliphatic rings. The van der Waals surface area contributed by atoms with Crippen LogP contribution in [0.5, 0.6) is 11.5 Å². The monoisotopic (exact) mass is 781 g/mol. The molecule has 0 bridgehead atoms. The van der Waals surface area contributed by atoms with E-state index >= 15 is 0 Å². The minimum Gasteiger partial charge on any atom is -0.457 e. The Morgan fingerprint density at radius 1 is 0.377 bits per heavy atom. The highest BCUT2D eigenvalue weighted by atomic mass is 16.5. The lowest BCUT2D eigenvalue weighted by Crippen LogP contribution is -2.32. The van der Waals surface area contributed by atoms with Crippen LogP contribution in [0.2, 0.25) is 0 Å². The Hall–Kier alpha value is -7.62. The lowest BCUT2D eigenvalue weighted by atomic mass is 9.66. The molecular weight excluding hydrogens is 743 g/mol. The standard InChI is InChI=1S/C58H39NO2/c1-57(2)44-18-7-3-16-40(44)43-33-42(51(34-48(43)57)59-50-22-13-25-55-56(50)41-17-6-11-23-52(41)60-55)36-28-26-35(27-29-36)37-30-31-54-49(32-37)58(47-21-10-12-24-53(47)61-54)45-19-8-4-14-38(45)39-15-5-9-20-46(39)58/h3-34,59H,1-2H3. The van der Waals surface area contributed by atoms with Gasteiger partial charge in [-0.15, -0.1) is 0 Å². The van der Waals surface area contributed by atoms with Gasteiger partial charge in [0.2, 0.25) is 0 Å². The molecule has 1 aromatic heterocycles. The summed E-state index contributed by atoms with van der Waals surface area (Å²) in [5.41, 5.74) is 20.5. The number of hydrogen-bond acceptors (Lipinski definition) is 3. The van der Waals surface area contributed by atoms with Crippen LogP contribution in [0, 0.1) is 0 Å². The lowest BCUT2D eigenvalue weighted by molar-refractivity contribution is 0.436. The van der Waals surface area contributed by atoms with Gasteiger partial charge in [0.15, 0.2) is 0 Å². The molecule has 0 atom stereocenters. The van der Waals surface area contributed by atoms with Crippen LogP contribution in [0.15, 0.2) is 199 Å². The van der Waals surface area contributed by atoms with Crippen LogP contribution in [-0.2, 0) is 10.8 Å². The van der Waals surface area contributed by atoms with Crippen LogP contribution in [0.1, 0.15) is 47.2 Å². The van der Waals surface area contributed by atoms with Gasteiger partial charge in [0.25, 0.3) is 0 Å². The first-order chi connectivity index (χ1) is 30.0. The number of ether oxygens (including phenoxy) is 1. The molecule has 1 aliphatic heterocycles. The summed E-state index contributed by atoms with van der Waals surface area (Å²) < 4.78 is 13.1. The topological polar surface area (TPSA) is 34.4 Å². The van der Waals surface area contributed by atoms with Crippen LogP contribution in [-0.4, -0.2) is 0 Å². The molecule has 3 nitrogen and oxygen atoms in total. The van der Waals surface area contributed by atoms with Crippen molar-refractivity contribution in [1.82, 2.24) is 0 Å². The first-order valence-corrected chi connectivity index (χ1v) is 21.2. The van der Waals surface area contributed by atoms with Crippen molar-refractivity contribution in [2.24, 2.45) is 0 Å². The van der Waals surface area contributed by atoms with Crippen LogP contribution >= 0.6 is 0 Å². The van der Waals surface area contributed by atoms with Gasteiger partial charge in [-0.25, -0.2) is 0 Å². The largest absolute Gasteiger partial charge is 0.457 e. The van der Waals surface area contributed by atoms with Gasteiger partial charge >= 0.3 is 0 Å². The van der Waals surface area contributed by atoms with Crippen molar-refractivity contribution < 1.29 is 9.15 Å². The molecule has 0 saturated heterocycles. The summed E-state index contributed by atoms with van der Waals surface area (Å²) in [4.78, 5) is 0. The summed E-state index contributed by atoms with van der Waals surface area (Å²) in [6.45, 7) is 4.69. The molecule has 0 saturated carbocycles. The zero-order valence-corrected chi connectivity index (χ0v) is 33.8. The third-order valence-electron chi connectivity index (χ3n) is 13.8. The van der Waals surface area contributed by atoms with E-state index < -0.39 is 5.41 Å². The number of hydrogen-bond donors (Lipinski definition) is 1. The molecule has 3 heteroatoms. The van der Waals surface area contributed by atoms with Gasteiger partial charge < -0.3 is 14.5 Å². The summed E-state index contributed by atoms with van der Waals surface area (Å²) in [6, 6.07) is 70.5. The van der Waals surface area contributed by atoms with Crippen molar-refractivity contribution in [1.29, 1.82) is 0 Å². The van der Waals surface area contributed by atoms with Crippen molar-refractivity contribution in [3.63, 3.8) is 0 Å². The highest BCUT2D eigenvalue weighted by molar-refractivity contribution is 6.12. The molecule has 9 aromatic carbocycles. The maximum Gasteiger partial charge on any atom is 0.137 e. The molecule has 0 radical (unpaired) electrons. The van der Waals surface area contributed by atoms with E-state index in [1.165, 1.54) is 50.1 Å². The van der Waals surface area contributed by atoms with Crippen molar-refractivity contribution >= 4 is 33.3 Å². The highest BCUT2D eigenvalue weighted by Crippen LogP contribution is 2.62. The molecule has 0 unspecified atom stereocenters. The van der Waals surface area contributed by atoms with Crippen LogP contribution in [0.3, 0.4) is 0 Å². The molecular formula is C58H39NO2.